The molecule has 1 aliphatic heterocycles. The zero-order valence-electron chi connectivity index (χ0n) is 12.1. The van der Waals surface area contributed by atoms with Gasteiger partial charge in [-0.25, -0.2) is 0 Å². The molecule has 22 heavy (non-hydrogen) atoms. The minimum atomic E-state index is -0.334. The number of aromatic nitrogens is 3. The van der Waals surface area contributed by atoms with Gasteiger partial charge in [-0.2, -0.15) is 4.98 Å². The summed E-state index contributed by atoms with van der Waals surface area (Å²) in [5.41, 5.74) is 0.401. The first kappa shape index (κ1) is 15.1. The Hall–Kier alpha value is -1.86. The minimum Gasteiger partial charge on any atom is -0.381 e. The molecule has 1 amide bonds. The molecule has 0 aliphatic carbocycles. The fraction of sp³-hybridized carbons (Fsp3) is 0.500. The number of aryl methyl sites for hydroxylation is 1. The number of ether oxygens (including phenoxy) is 1. The molecule has 8 heteroatoms. The molecular weight excluding hydrogens is 308 g/mol. The molecule has 1 aliphatic rings. The molecule has 0 bridgehead atoms. The van der Waals surface area contributed by atoms with E-state index in [-0.39, 0.29) is 17.9 Å². The molecule has 0 saturated carbocycles. The molecule has 0 radical (unpaired) electrons. The van der Waals surface area contributed by atoms with Crippen molar-refractivity contribution in [3.05, 3.63) is 34.7 Å². The number of amides is 1. The highest BCUT2D eigenvalue weighted by Crippen LogP contribution is 2.29. The second-order valence-electron chi connectivity index (χ2n) is 5.31. The summed E-state index contributed by atoms with van der Waals surface area (Å²) in [6, 6.07) is 1.25. The third-order valence-electron chi connectivity index (χ3n) is 3.73. The third kappa shape index (κ3) is 3.31. The number of carbonyl (C=O) groups is 1. The Morgan fingerprint density at radius 2 is 2.27 bits per heavy atom. The highest BCUT2D eigenvalue weighted by Gasteiger charge is 2.31. The smallest absolute Gasteiger partial charge is 0.268 e. The Morgan fingerprint density at radius 3 is 2.86 bits per heavy atom. The fourth-order valence-corrected chi connectivity index (χ4v) is 2.75. The lowest BCUT2D eigenvalue weighted by atomic mass is 9.91. The van der Waals surface area contributed by atoms with Crippen molar-refractivity contribution in [1.29, 1.82) is 0 Å². The molecular formula is C14H17ClN4O3. The summed E-state index contributed by atoms with van der Waals surface area (Å²) in [7, 11) is 0. The van der Waals surface area contributed by atoms with Crippen molar-refractivity contribution < 1.29 is 14.1 Å². The molecule has 1 saturated heterocycles. The van der Waals surface area contributed by atoms with Crippen molar-refractivity contribution in [1.82, 2.24) is 20.4 Å². The highest BCUT2D eigenvalue weighted by atomic mass is 35.5. The second kappa shape index (κ2) is 6.50. The van der Waals surface area contributed by atoms with Crippen LogP contribution in [-0.4, -0.2) is 34.2 Å². The molecule has 118 valence electrons. The van der Waals surface area contributed by atoms with Crippen LogP contribution in [0, 0.1) is 12.8 Å². The molecule has 2 aromatic heterocycles. The van der Waals surface area contributed by atoms with Crippen molar-refractivity contribution in [3.63, 3.8) is 0 Å². The molecule has 7 nitrogen and oxygen atoms in total. The number of halogens is 1. The van der Waals surface area contributed by atoms with Crippen LogP contribution in [0.4, 0.5) is 0 Å². The maximum absolute atomic E-state index is 12.4. The van der Waals surface area contributed by atoms with E-state index in [0.29, 0.717) is 35.6 Å². The van der Waals surface area contributed by atoms with Crippen LogP contribution in [0.3, 0.4) is 0 Å². The van der Waals surface area contributed by atoms with E-state index in [4.69, 9.17) is 20.9 Å². The number of rotatable bonds is 4. The Balaban J connectivity index is 1.80. The van der Waals surface area contributed by atoms with Crippen LogP contribution in [0.25, 0.3) is 0 Å². The number of H-pyrrole nitrogens is 1. The number of hydrogen-bond acceptors (Lipinski definition) is 5. The Kier molecular flexibility index (Phi) is 4.44. The van der Waals surface area contributed by atoms with E-state index in [1.807, 2.05) is 0 Å². The zero-order valence-corrected chi connectivity index (χ0v) is 12.9. The molecule has 1 unspecified atom stereocenters. The van der Waals surface area contributed by atoms with Crippen LogP contribution < -0.4 is 5.32 Å². The molecule has 3 rings (SSSR count). The average Bonchev–Trinajstić information content (AvgIpc) is 3.14. The Labute approximate surface area is 132 Å². The lowest BCUT2D eigenvalue weighted by Crippen LogP contribution is -2.36. The van der Waals surface area contributed by atoms with Crippen LogP contribution in [0.15, 0.2) is 16.8 Å². The van der Waals surface area contributed by atoms with Gasteiger partial charge in [-0.1, -0.05) is 16.8 Å². The van der Waals surface area contributed by atoms with E-state index in [1.165, 1.54) is 0 Å². The quantitative estimate of drug-likeness (QED) is 0.899. The highest BCUT2D eigenvalue weighted by molar-refractivity contribution is 6.30. The normalized spacial score (nSPS) is 17.4. The van der Waals surface area contributed by atoms with Gasteiger partial charge in [0.1, 0.15) is 11.7 Å². The van der Waals surface area contributed by atoms with Gasteiger partial charge in [0.25, 0.3) is 5.91 Å². The molecule has 0 aromatic carbocycles. The standard InChI is InChI=1S/C14H17ClN4O3/c1-8-17-14(22-19-8)12(9-2-4-21-5-3-9)18-13(20)11-6-10(15)7-16-11/h6-7,9,12,16H,2-5H2,1H3,(H,18,20). The summed E-state index contributed by atoms with van der Waals surface area (Å²) in [5, 5.41) is 7.27. The number of nitrogens with one attached hydrogen (secondary N) is 2. The van der Waals surface area contributed by atoms with Gasteiger partial charge in [0.15, 0.2) is 5.82 Å². The topological polar surface area (TPSA) is 93.0 Å². The van der Waals surface area contributed by atoms with Crippen LogP contribution in [0.2, 0.25) is 5.02 Å². The van der Waals surface area contributed by atoms with Crippen LogP contribution in [-0.2, 0) is 4.74 Å². The number of aromatic amines is 1. The van der Waals surface area contributed by atoms with Crippen LogP contribution >= 0.6 is 11.6 Å². The first-order valence-corrected chi connectivity index (χ1v) is 7.54. The summed E-state index contributed by atoms with van der Waals surface area (Å²) in [5.74, 6) is 0.918. The van der Waals surface area contributed by atoms with E-state index in [1.54, 1.807) is 19.2 Å². The van der Waals surface area contributed by atoms with Gasteiger partial charge in [-0.3, -0.25) is 4.79 Å². The number of hydrogen-bond donors (Lipinski definition) is 2. The maximum atomic E-state index is 12.4. The van der Waals surface area contributed by atoms with E-state index >= 15 is 0 Å². The third-order valence-corrected chi connectivity index (χ3v) is 3.94. The van der Waals surface area contributed by atoms with Gasteiger partial charge in [0, 0.05) is 19.4 Å². The predicted molar refractivity (Wildman–Crippen MR) is 78.6 cm³/mol. The molecule has 3 heterocycles. The van der Waals surface area contributed by atoms with Crippen LogP contribution in [0.1, 0.15) is 41.1 Å². The molecule has 2 aromatic rings. The Bertz CT molecular complexity index is 648. The van der Waals surface area contributed by atoms with Crippen molar-refractivity contribution in [2.75, 3.05) is 13.2 Å². The zero-order chi connectivity index (χ0) is 15.5. The summed E-state index contributed by atoms with van der Waals surface area (Å²) in [6.45, 7) is 3.08. The van der Waals surface area contributed by atoms with E-state index in [0.717, 1.165) is 12.8 Å². The van der Waals surface area contributed by atoms with Crippen molar-refractivity contribution in [2.24, 2.45) is 5.92 Å². The summed E-state index contributed by atoms with van der Waals surface area (Å²) in [4.78, 5) is 19.5. The molecule has 0 spiro atoms. The van der Waals surface area contributed by atoms with Crippen molar-refractivity contribution >= 4 is 17.5 Å². The summed E-state index contributed by atoms with van der Waals surface area (Å²) < 4.78 is 10.6. The monoisotopic (exact) mass is 324 g/mol. The summed E-state index contributed by atoms with van der Waals surface area (Å²) >= 11 is 5.84. The lowest BCUT2D eigenvalue weighted by Gasteiger charge is -2.28. The SMILES string of the molecule is Cc1noc(C(NC(=O)c2cc(Cl)c[nH]2)C2CCOCC2)n1. The van der Waals surface area contributed by atoms with Gasteiger partial charge < -0.3 is 19.6 Å². The van der Waals surface area contributed by atoms with E-state index in [2.05, 4.69) is 20.4 Å². The first-order valence-electron chi connectivity index (χ1n) is 7.16. The van der Waals surface area contributed by atoms with Crippen molar-refractivity contribution in [2.45, 2.75) is 25.8 Å². The summed E-state index contributed by atoms with van der Waals surface area (Å²) in [6.07, 6.45) is 3.23. The molecule has 1 atom stereocenters. The number of nitrogens with zero attached hydrogens (tertiary/aromatic N) is 2. The lowest BCUT2D eigenvalue weighted by molar-refractivity contribution is 0.0467. The van der Waals surface area contributed by atoms with Gasteiger partial charge in [0.05, 0.1) is 5.02 Å². The van der Waals surface area contributed by atoms with Gasteiger partial charge in [0.2, 0.25) is 5.89 Å². The van der Waals surface area contributed by atoms with E-state index in [9.17, 15) is 4.79 Å². The predicted octanol–water partition coefficient (Wildman–Crippen LogP) is 2.26. The number of carbonyl (C=O) groups excluding carboxylic acids is 1. The fourth-order valence-electron chi connectivity index (χ4n) is 2.59. The van der Waals surface area contributed by atoms with Crippen LogP contribution in [0.5, 0.6) is 0 Å². The van der Waals surface area contributed by atoms with Gasteiger partial charge in [-0.05, 0) is 31.7 Å². The Morgan fingerprint density at radius 1 is 1.50 bits per heavy atom. The van der Waals surface area contributed by atoms with E-state index < -0.39 is 0 Å². The first-order chi connectivity index (χ1) is 10.6. The average molecular weight is 325 g/mol. The largest absolute Gasteiger partial charge is 0.381 e. The van der Waals surface area contributed by atoms with Gasteiger partial charge in [-0.15, -0.1) is 0 Å². The van der Waals surface area contributed by atoms with Gasteiger partial charge >= 0.3 is 0 Å². The second-order valence-corrected chi connectivity index (χ2v) is 5.75. The molecule has 2 N–H and O–H groups in total. The molecule has 1 fully saturated rings. The van der Waals surface area contributed by atoms with Crippen molar-refractivity contribution in [3.8, 4) is 0 Å². The minimum absolute atomic E-state index is 0.197. The maximum Gasteiger partial charge on any atom is 0.268 e.